The van der Waals surface area contributed by atoms with Crippen LogP contribution in [0.2, 0.25) is 0 Å². The normalized spacial score (nSPS) is 23.4. The van der Waals surface area contributed by atoms with E-state index in [0.29, 0.717) is 12.8 Å². The zero-order valence-corrected chi connectivity index (χ0v) is 10.3. The Morgan fingerprint density at radius 1 is 1.33 bits per heavy atom. The van der Waals surface area contributed by atoms with E-state index < -0.39 is 12.1 Å². The van der Waals surface area contributed by atoms with Crippen molar-refractivity contribution in [2.45, 2.75) is 31.8 Å². The van der Waals surface area contributed by atoms with E-state index in [2.05, 4.69) is 0 Å². The number of furan rings is 1. The number of hydrogen-bond donors (Lipinski definition) is 0. The number of carbonyl (C=O) groups is 2. The summed E-state index contributed by atoms with van der Waals surface area (Å²) >= 11 is 0. The van der Waals surface area contributed by atoms with E-state index >= 15 is 0 Å². The number of methoxy groups -OCH3 is 1. The Morgan fingerprint density at radius 3 is 2.78 bits per heavy atom. The molecule has 0 bridgehead atoms. The van der Waals surface area contributed by atoms with E-state index in [0.717, 1.165) is 12.8 Å². The number of esters is 2. The summed E-state index contributed by atoms with van der Waals surface area (Å²) in [6.07, 6.45) is 4.28. The first-order valence-electron chi connectivity index (χ1n) is 6.04. The summed E-state index contributed by atoms with van der Waals surface area (Å²) < 4.78 is 15.0. The molecule has 0 N–H and O–H groups in total. The SMILES string of the molecule is COC(=O)C1CCCCC1OC(=O)c1ccco1. The topological polar surface area (TPSA) is 65.7 Å². The molecule has 1 saturated carbocycles. The molecule has 0 aromatic carbocycles. The summed E-state index contributed by atoms with van der Waals surface area (Å²) in [7, 11) is 1.35. The molecule has 1 aliphatic carbocycles. The van der Waals surface area contributed by atoms with Gasteiger partial charge >= 0.3 is 11.9 Å². The van der Waals surface area contributed by atoms with Crippen LogP contribution >= 0.6 is 0 Å². The van der Waals surface area contributed by atoms with Crippen molar-refractivity contribution in [2.24, 2.45) is 5.92 Å². The van der Waals surface area contributed by atoms with Crippen LogP contribution in [0.25, 0.3) is 0 Å². The van der Waals surface area contributed by atoms with Crippen LogP contribution in [-0.4, -0.2) is 25.2 Å². The van der Waals surface area contributed by atoms with Crippen LogP contribution in [0.15, 0.2) is 22.8 Å². The molecule has 2 unspecified atom stereocenters. The van der Waals surface area contributed by atoms with Gasteiger partial charge in [-0.3, -0.25) is 4.79 Å². The molecular weight excluding hydrogens is 236 g/mol. The molecule has 0 spiro atoms. The lowest BCUT2D eigenvalue weighted by atomic mass is 9.86. The van der Waals surface area contributed by atoms with Crippen LogP contribution in [0.5, 0.6) is 0 Å². The van der Waals surface area contributed by atoms with Gasteiger partial charge in [-0.2, -0.15) is 0 Å². The monoisotopic (exact) mass is 252 g/mol. The fraction of sp³-hybridized carbons (Fsp3) is 0.538. The molecule has 1 aromatic heterocycles. The standard InChI is InChI=1S/C13H16O5/c1-16-12(14)9-5-2-3-6-10(9)18-13(15)11-7-4-8-17-11/h4,7-10H,2-3,5-6H2,1H3. The van der Waals surface area contributed by atoms with Crippen LogP contribution in [-0.2, 0) is 14.3 Å². The van der Waals surface area contributed by atoms with Crippen molar-refractivity contribution >= 4 is 11.9 Å². The van der Waals surface area contributed by atoms with Crippen LogP contribution in [0.1, 0.15) is 36.2 Å². The fourth-order valence-electron chi connectivity index (χ4n) is 2.25. The first-order chi connectivity index (χ1) is 8.72. The summed E-state index contributed by atoms with van der Waals surface area (Å²) in [5.74, 6) is -1.04. The average molecular weight is 252 g/mol. The highest BCUT2D eigenvalue weighted by Crippen LogP contribution is 2.28. The number of rotatable bonds is 3. The van der Waals surface area contributed by atoms with Crippen molar-refractivity contribution in [3.63, 3.8) is 0 Å². The highest BCUT2D eigenvalue weighted by Gasteiger charge is 2.35. The maximum absolute atomic E-state index is 11.8. The number of hydrogen-bond acceptors (Lipinski definition) is 5. The molecular formula is C13H16O5. The molecule has 2 rings (SSSR count). The third-order valence-corrected chi connectivity index (χ3v) is 3.19. The molecule has 0 saturated heterocycles. The molecule has 0 amide bonds. The molecule has 5 nitrogen and oxygen atoms in total. The number of ether oxygens (including phenoxy) is 2. The molecule has 0 aliphatic heterocycles. The molecule has 1 aromatic rings. The number of carbonyl (C=O) groups excluding carboxylic acids is 2. The minimum Gasteiger partial charge on any atom is -0.469 e. The van der Waals surface area contributed by atoms with Crippen molar-refractivity contribution in [3.05, 3.63) is 24.2 Å². The van der Waals surface area contributed by atoms with Crippen molar-refractivity contribution in [2.75, 3.05) is 7.11 Å². The Bertz CT molecular complexity index is 409. The van der Waals surface area contributed by atoms with Crippen LogP contribution in [0.3, 0.4) is 0 Å². The van der Waals surface area contributed by atoms with Gasteiger partial charge in [-0.1, -0.05) is 6.42 Å². The van der Waals surface area contributed by atoms with Gasteiger partial charge in [0.05, 0.1) is 19.3 Å². The largest absolute Gasteiger partial charge is 0.469 e. The van der Waals surface area contributed by atoms with Gasteiger partial charge in [-0.25, -0.2) is 4.79 Å². The van der Waals surface area contributed by atoms with E-state index in [4.69, 9.17) is 13.9 Å². The zero-order chi connectivity index (χ0) is 13.0. The maximum atomic E-state index is 11.8. The van der Waals surface area contributed by atoms with Crippen LogP contribution < -0.4 is 0 Å². The van der Waals surface area contributed by atoms with E-state index in [1.165, 1.54) is 19.4 Å². The van der Waals surface area contributed by atoms with Gasteiger partial charge in [-0.15, -0.1) is 0 Å². The summed E-state index contributed by atoms with van der Waals surface area (Å²) in [5.41, 5.74) is 0. The van der Waals surface area contributed by atoms with E-state index in [1.807, 2.05) is 0 Å². The van der Waals surface area contributed by atoms with E-state index in [9.17, 15) is 9.59 Å². The predicted octanol–water partition coefficient (Wildman–Crippen LogP) is 2.17. The van der Waals surface area contributed by atoms with Crippen molar-refractivity contribution in [3.8, 4) is 0 Å². The third-order valence-electron chi connectivity index (χ3n) is 3.19. The summed E-state index contributed by atoms with van der Waals surface area (Å²) in [4.78, 5) is 23.4. The first-order valence-corrected chi connectivity index (χ1v) is 6.04. The molecule has 98 valence electrons. The summed E-state index contributed by atoms with van der Waals surface area (Å²) in [6, 6.07) is 3.16. The Hall–Kier alpha value is -1.78. The zero-order valence-electron chi connectivity index (χ0n) is 10.3. The minimum atomic E-state index is -0.527. The van der Waals surface area contributed by atoms with Gasteiger partial charge in [0.1, 0.15) is 6.10 Å². The van der Waals surface area contributed by atoms with Crippen molar-refractivity contribution in [1.29, 1.82) is 0 Å². The molecule has 18 heavy (non-hydrogen) atoms. The predicted molar refractivity (Wildman–Crippen MR) is 61.9 cm³/mol. The molecule has 1 fully saturated rings. The quantitative estimate of drug-likeness (QED) is 0.771. The van der Waals surface area contributed by atoms with Gasteiger partial charge in [0, 0.05) is 0 Å². The lowest BCUT2D eigenvalue weighted by molar-refractivity contribution is -0.151. The Morgan fingerprint density at radius 2 is 2.11 bits per heavy atom. The smallest absolute Gasteiger partial charge is 0.374 e. The molecule has 5 heteroatoms. The second-order valence-corrected chi connectivity index (χ2v) is 4.34. The molecule has 2 atom stereocenters. The van der Waals surface area contributed by atoms with Crippen LogP contribution in [0, 0.1) is 5.92 Å². The van der Waals surface area contributed by atoms with Gasteiger partial charge in [0.15, 0.2) is 0 Å². The second kappa shape index (κ2) is 5.71. The van der Waals surface area contributed by atoms with E-state index in [1.54, 1.807) is 6.07 Å². The Labute approximate surface area is 105 Å². The highest BCUT2D eigenvalue weighted by molar-refractivity contribution is 5.86. The highest BCUT2D eigenvalue weighted by atomic mass is 16.6. The second-order valence-electron chi connectivity index (χ2n) is 4.34. The average Bonchev–Trinajstić information content (AvgIpc) is 2.92. The Kier molecular flexibility index (Phi) is 4.02. The molecule has 0 radical (unpaired) electrons. The lowest BCUT2D eigenvalue weighted by Gasteiger charge is -2.28. The van der Waals surface area contributed by atoms with Gasteiger partial charge in [-0.05, 0) is 31.4 Å². The maximum Gasteiger partial charge on any atom is 0.374 e. The van der Waals surface area contributed by atoms with E-state index in [-0.39, 0.29) is 17.6 Å². The van der Waals surface area contributed by atoms with Gasteiger partial charge < -0.3 is 13.9 Å². The summed E-state index contributed by atoms with van der Waals surface area (Å²) in [6.45, 7) is 0. The van der Waals surface area contributed by atoms with Gasteiger partial charge in [0.25, 0.3) is 0 Å². The fourth-order valence-corrected chi connectivity index (χ4v) is 2.25. The van der Waals surface area contributed by atoms with Crippen LogP contribution in [0.4, 0.5) is 0 Å². The van der Waals surface area contributed by atoms with Gasteiger partial charge in [0.2, 0.25) is 5.76 Å². The summed E-state index contributed by atoms with van der Waals surface area (Å²) in [5, 5.41) is 0. The third kappa shape index (κ3) is 2.72. The molecule has 1 heterocycles. The molecule has 1 aliphatic rings. The minimum absolute atomic E-state index is 0.157. The Balaban J connectivity index is 2.01. The van der Waals surface area contributed by atoms with Crippen molar-refractivity contribution in [1.82, 2.24) is 0 Å². The first kappa shape index (κ1) is 12.7. The lowest BCUT2D eigenvalue weighted by Crippen LogP contribution is -2.35. The van der Waals surface area contributed by atoms with Crippen molar-refractivity contribution < 1.29 is 23.5 Å².